The number of nitrogens with one attached hydrogen (secondary N) is 1. The second-order valence-corrected chi connectivity index (χ2v) is 4.96. The molecule has 1 rings (SSSR count). The fraction of sp³-hybridized carbons (Fsp3) is 0.692. The van der Waals surface area contributed by atoms with E-state index in [4.69, 9.17) is 4.74 Å². The Kier molecular flexibility index (Phi) is 6.13. The molecule has 0 fully saturated rings. The Labute approximate surface area is 125 Å². The molecule has 8 nitrogen and oxygen atoms in total. The summed E-state index contributed by atoms with van der Waals surface area (Å²) in [5, 5.41) is 2.87. The first-order chi connectivity index (χ1) is 9.87. The molecule has 0 saturated heterocycles. The topological polar surface area (TPSA) is 83.5 Å². The van der Waals surface area contributed by atoms with Crippen molar-refractivity contribution in [2.75, 3.05) is 44.4 Å². The molecule has 0 radical (unpaired) electrons. The highest BCUT2D eigenvalue weighted by Crippen LogP contribution is 2.15. The van der Waals surface area contributed by atoms with Crippen LogP contribution in [0.5, 0.6) is 6.01 Å². The number of likely N-dealkylation sites (N-methyl/N-ethyl adjacent to an activating group) is 2. The lowest BCUT2D eigenvalue weighted by Gasteiger charge is -2.22. The Morgan fingerprint density at radius 1 is 1.29 bits per heavy atom. The molecule has 0 aliphatic carbocycles. The van der Waals surface area contributed by atoms with Crippen LogP contribution < -0.4 is 15.0 Å². The summed E-state index contributed by atoms with van der Waals surface area (Å²) in [6.45, 7) is 6.55. The molecule has 1 heterocycles. The van der Waals surface area contributed by atoms with Crippen molar-refractivity contribution in [1.29, 1.82) is 0 Å². The molecule has 21 heavy (non-hydrogen) atoms. The number of carbonyl (C=O) groups is 1. The van der Waals surface area contributed by atoms with Gasteiger partial charge in [0.15, 0.2) is 0 Å². The van der Waals surface area contributed by atoms with E-state index in [1.54, 1.807) is 26.0 Å². The summed E-state index contributed by atoms with van der Waals surface area (Å²) in [7, 11) is 5.16. The van der Waals surface area contributed by atoms with E-state index in [1.165, 1.54) is 4.90 Å². The number of ether oxygens (including phenoxy) is 1. The summed E-state index contributed by atoms with van der Waals surface area (Å²) in [6, 6.07) is 0.245. The van der Waals surface area contributed by atoms with Gasteiger partial charge in [-0.25, -0.2) is 0 Å². The second-order valence-electron chi connectivity index (χ2n) is 4.96. The number of amides is 1. The number of anilines is 2. The lowest BCUT2D eigenvalue weighted by molar-refractivity contribution is -0.127. The van der Waals surface area contributed by atoms with Crippen LogP contribution in [0.25, 0.3) is 0 Å². The highest BCUT2D eigenvalue weighted by Gasteiger charge is 2.17. The number of rotatable bonds is 7. The van der Waals surface area contributed by atoms with Crippen LogP contribution in [0.3, 0.4) is 0 Å². The molecule has 118 valence electrons. The molecule has 0 unspecified atom stereocenters. The molecule has 1 N–H and O–H groups in total. The van der Waals surface area contributed by atoms with Crippen molar-refractivity contribution in [3.05, 3.63) is 0 Å². The highest BCUT2D eigenvalue weighted by molar-refractivity contribution is 5.80. The number of carbonyl (C=O) groups excluding carboxylic acids is 1. The lowest BCUT2D eigenvalue weighted by Crippen LogP contribution is -2.37. The first kappa shape index (κ1) is 16.9. The van der Waals surface area contributed by atoms with Gasteiger partial charge >= 0.3 is 6.01 Å². The maximum absolute atomic E-state index is 11.9. The summed E-state index contributed by atoms with van der Waals surface area (Å²) in [5.74, 6) is 0.809. The van der Waals surface area contributed by atoms with Gasteiger partial charge in [0.05, 0.1) is 12.6 Å². The van der Waals surface area contributed by atoms with Crippen molar-refractivity contribution in [2.24, 2.45) is 0 Å². The Balaban J connectivity index is 3.04. The van der Waals surface area contributed by atoms with Gasteiger partial charge in [-0.1, -0.05) is 0 Å². The minimum Gasteiger partial charge on any atom is -0.461 e. The zero-order valence-electron chi connectivity index (χ0n) is 13.5. The first-order valence-electron chi connectivity index (χ1n) is 6.93. The van der Waals surface area contributed by atoms with Crippen LogP contribution in [0.2, 0.25) is 0 Å². The lowest BCUT2D eigenvalue weighted by atomic mass is 10.4. The number of nitrogens with zero attached hydrogens (tertiary/aromatic N) is 5. The minimum atomic E-state index is -0.0385. The van der Waals surface area contributed by atoms with Gasteiger partial charge in [-0.3, -0.25) is 4.79 Å². The molecular weight excluding hydrogens is 272 g/mol. The third-order valence-electron chi connectivity index (χ3n) is 2.66. The Hall–Kier alpha value is -2.12. The van der Waals surface area contributed by atoms with Gasteiger partial charge in [0, 0.05) is 27.7 Å². The van der Waals surface area contributed by atoms with Gasteiger partial charge in [-0.15, -0.1) is 0 Å². The molecule has 0 aliphatic heterocycles. The summed E-state index contributed by atoms with van der Waals surface area (Å²) < 4.78 is 5.52. The fourth-order valence-corrected chi connectivity index (χ4v) is 1.49. The van der Waals surface area contributed by atoms with Crippen molar-refractivity contribution < 1.29 is 9.53 Å². The predicted octanol–water partition coefficient (Wildman–Crippen LogP) is 0.615. The predicted molar refractivity (Wildman–Crippen MR) is 81.7 cm³/mol. The van der Waals surface area contributed by atoms with Crippen LogP contribution in [0, 0.1) is 0 Å². The zero-order chi connectivity index (χ0) is 16.0. The molecule has 0 bridgehead atoms. The largest absolute Gasteiger partial charge is 0.461 e. The molecule has 1 aromatic heterocycles. The minimum absolute atomic E-state index is 0.0189. The molecular formula is C13H24N6O2. The fourth-order valence-electron chi connectivity index (χ4n) is 1.49. The third kappa shape index (κ3) is 5.05. The van der Waals surface area contributed by atoms with E-state index >= 15 is 0 Å². The molecule has 0 atom stereocenters. The first-order valence-corrected chi connectivity index (χ1v) is 6.93. The van der Waals surface area contributed by atoms with E-state index in [-0.39, 0.29) is 24.6 Å². The molecule has 8 heteroatoms. The average Bonchev–Trinajstić information content (AvgIpc) is 2.42. The summed E-state index contributed by atoms with van der Waals surface area (Å²) in [4.78, 5) is 27.9. The van der Waals surface area contributed by atoms with Gasteiger partial charge in [0.2, 0.25) is 17.8 Å². The average molecular weight is 296 g/mol. The monoisotopic (exact) mass is 296 g/mol. The summed E-state index contributed by atoms with van der Waals surface area (Å²) in [5.41, 5.74) is 0. The molecule has 0 aromatic carbocycles. The number of aromatic nitrogens is 3. The van der Waals surface area contributed by atoms with Crippen molar-refractivity contribution in [3.8, 4) is 6.01 Å². The molecule has 1 amide bonds. The van der Waals surface area contributed by atoms with Crippen molar-refractivity contribution in [1.82, 2.24) is 19.9 Å². The van der Waals surface area contributed by atoms with E-state index < -0.39 is 0 Å². The van der Waals surface area contributed by atoms with Crippen molar-refractivity contribution >= 4 is 17.8 Å². The van der Waals surface area contributed by atoms with Gasteiger partial charge < -0.3 is 19.9 Å². The molecule has 0 saturated carbocycles. The van der Waals surface area contributed by atoms with Gasteiger partial charge in [-0.05, 0) is 20.8 Å². The van der Waals surface area contributed by atoms with Crippen LogP contribution in [0.4, 0.5) is 11.9 Å². The maximum Gasteiger partial charge on any atom is 0.323 e. The Morgan fingerprint density at radius 3 is 2.43 bits per heavy atom. The Morgan fingerprint density at radius 2 is 1.95 bits per heavy atom. The van der Waals surface area contributed by atoms with E-state index in [0.29, 0.717) is 18.4 Å². The smallest absolute Gasteiger partial charge is 0.323 e. The van der Waals surface area contributed by atoms with Crippen molar-refractivity contribution in [2.45, 2.75) is 26.9 Å². The van der Waals surface area contributed by atoms with Gasteiger partial charge in [-0.2, -0.15) is 15.0 Å². The highest BCUT2D eigenvalue weighted by atomic mass is 16.5. The van der Waals surface area contributed by atoms with E-state index in [9.17, 15) is 4.79 Å². The summed E-state index contributed by atoms with van der Waals surface area (Å²) >= 11 is 0. The van der Waals surface area contributed by atoms with E-state index in [0.717, 1.165) is 0 Å². The number of hydrogen-bond donors (Lipinski definition) is 1. The maximum atomic E-state index is 11.9. The van der Waals surface area contributed by atoms with Crippen LogP contribution >= 0.6 is 0 Å². The number of hydrogen-bond acceptors (Lipinski definition) is 7. The summed E-state index contributed by atoms with van der Waals surface area (Å²) in [6.07, 6.45) is -0.0385. The van der Waals surface area contributed by atoms with Crippen molar-refractivity contribution in [3.63, 3.8) is 0 Å². The normalized spacial score (nSPS) is 10.4. The zero-order valence-corrected chi connectivity index (χ0v) is 13.5. The van der Waals surface area contributed by atoms with Crippen LogP contribution in [-0.2, 0) is 4.79 Å². The van der Waals surface area contributed by atoms with Crippen LogP contribution in [-0.4, -0.2) is 66.1 Å². The second kappa shape index (κ2) is 7.61. The SMILES string of the molecule is CCN(CC(=O)N(C)C)c1nc(NC)nc(OC(C)C)n1. The van der Waals surface area contributed by atoms with E-state index in [2.05, 4.69) is 20.3 Å². The van der Waals surface area contributed by atoms with E-state index in [1.807, 2.05) is 20.8 Å². The quantitative estimate of drug-likeness (QED) is 0.789. The Bertz CT molecular complexity index is 478. The van der Waals surface area contributed by atoms with Crippen LogP contribution in [0.1, 0.15) is 20.8 Å². The van der Waals surface area contributed by atoms with Crippen LogP contribution in [0.15, 0.2) is 0 Å². The van der Waals surface area contributed by atoms with Gasteiger partial charge in [0.25, 0.3) is 0 Å². The third-order valence-corrected chi connectivity index (χ3v) is 2.66. The molecule has 1 aromatic rings. The van der Waals surface area contributed by atoms with Gasteiger partial charge in [0.1, 0.15) is 0 Å². The molecule has 0 spiro atoms. The standard InChI is InChI=1S/C13H24N6O2/c1-7-19(8-10(20)18(5)6)12-15-11(14-4)16-13(17-12)21-9(2)3/h9H,7-8H2,1-6H3,(H,14,15,16,17). The molecule has 0 aliphatic rings.